The van der Waals surface area contributed by atoms with Gasteiger partial charge in [0.15, 0.2) is 0 Å². The van der Waals surface area contributed by atoms with E-state index in [0.29, 0.717) is 6.04 Å². The normalized spacial score (nSPS) is 29.1. The first-order valence-electron chi connectivity index (χ1n) is 7.78. The Hall–Kier alpha value is -0.860. The number of hydrogen-bond acceptors (Lipinski definition) is 2. The van der Waals surface area contributed by atoms with E-state index in [1.54, 1.807) is 0 Å². The summed E-state index contributed by atoms with van der Waals surface area (Å²) in [5, 5.41) is 13.3. The second-order valence-electron chi connectivity index (χ2n) is 6.27. The summed E-state index contributed by atoms with van der Waals surface area (Å²) in [5.74, 6) is 1.97. The molecule has 2 aliphatic carbocycles. The summed E-state index contributed by atoms with van der Waals surface area (Å²) in [7, 11) is 0. The number of rotatable bonds is 5. The second-order valence-corrected chi connectivity index (χ2v) is 6.27. The SMILES string of the molecule is OC[C@@H](NC1CCCC(C2CC2)C1)c1ccccc1. The highest BCUT2D eigenvalue weighted by Crippen LogP contribution is 2.44. The molecule has 19 heavy (non-hydrogen) atoms. The number of benzene rings is 1. The lowest BCUT2D eigenvalue weighted by atomic mass is 9.82. The lowest BCUT2D eigenvalue weighted by Crippen LogP contribution is -2.38. The van der Waals surface area contributed by atoms with E-state index in [0.717, 1.165) is 11.8 Å². The molecule has 0 aromatic heterocycles. The molecule has 0 aliphatic heterocycles. The number of nitrogens with one attached hydrogen (secondary N) is 1. The van der Waals surface area contributed by atoms with Crippen LogP contribution in [0, 0.1) is 11.8 Å². The second kappa shape index (κ2) is 6.06. The highest BCUT2D eigenvalue weighted by molar-refractivity contribution is 5.19. The maximum Gasteiger partial charge on any atom is 0.0626 e. The predicted molar refractivity (Wildman–Crippen MR) is 77.9 cm³/mol. The van der Waals surface area contributed by atoms with E-state index in [9.17, 15) is 5.11 Å². The maximum atomic E-state index is 9.64. The molecule has 0 heterocycles. The first kappa shape index (κ1) is 13.1. The van der Waals surface area contributed by atoms with Crippen molar-refractivity contribution in [1.82, 2.24) is 5.32 Å². The minimum absolute atomic E-state index is 0.101. The average Bonchev–Trinajstić information content (AvgIpc) is 3.31. The van der Waals surface area contributed by atoms with Gasteiger partial charge in [-0.1, -0.05) is 43.2 Å². The van der Waals surface area contributed by atoms with Crippen LogP contribution in [0.1, 0.15) is 50.1 Å². The van der Waals surface area contributed by atoms with Crippen LogP contribution in [0.25, 0.3) is 0 Å². The smallest absolute Gasteiger partial charge is 0.0626 e. The van der Waals surface area contributed by atoms with E-state index >= 15 is 0 Å². The monoisotopic (exact) mass is 259 g/mol. The third-order valence-corrected chi connectivity index (χ3v) is 4.82. The summed E-state index contributed by atoms with van der Waals surface area (Å²) in [6.07, 6.45) is 8.28. The van der Waals surface area contributed by atoms with Crippen LogP contribution in [0.5, 0.6) is 0 Å². The Morgan fingerprint density at radius 3 is 2.53 bits per heavy atom. The number of aliphatic hydroxyl groups is 1. The van der Waals surface area contributed by atoms with Crippen LogP contribution >= 0.6 is 0 Å². The molecule has 0 radical (unpaired) electrons. The molecule has 2 aliphatic rings. The van der Waals surface area contributed by atoms with Crippen molar-refractivity contribution in [1.29, 1.82) is 0 Å². The molecule has 2 unspecified atom stereocenters. The van der Waals surface area contributed by atoms with E-state index in [2.05, 4.69) is 17.4 Å². The molecule has 3 rings (SSSR count). The van der Waals surface area contributed by atoms with E-state index < -0.39 is 0 Å². The molecule has 0 amide bonds. The molecular weight excluding hydrogens is 234 g/mol. The van der Waals surface area contributed by atoms with Gasteiger partial charge in [0.05, 0.1) is 12.6 Å². The van der Waals surface area contributed by atoms with Gasteiger partial charge in [0.2, 0.25) is 0 Å². The number of hydrogen-bond donors (Lipinski definition) is 2. The fourth-order valence-corrected chi connectivity index (χ4v) is 3.60. The fraction of sp³-hybridized carbons (Fsp3) is 0.647. The van der Waals surface area contributed by atoms with Gasteiger partial charge in [0.1, 0.15) is 0 Å². The van der Waals surface area contributed by atoms with E-state index in [-0.39, 0.29) is 12.6 Å². The summed E-state index contributed by atoms with van der Waals surface area (Å²) in [6, 6.07) is 11.0. The topological polar surface area (TPSA) is 32.3 Å². The van der Waals surface area contributed by atoms with Gasteiger partial charge < -0.3 is 10.4 Å². The van der Waals surface area contributed by atoms with Crippen molar-refractivity contribution in [2.75, 3.05) is 6.61 Å². The van der Waals surface area contributed by atoms with Gasteiger partial charge in [-0.25, -0.2) is 0 Å². The van der Waals surface area contributed by atoms with Crippen molar-refractivity contribution in [2.24, 2.45) is 11.8 Å². The highest BCUT2D eigenvalue weighted by Gasteiger charge is 2.35. The molecule has 3 atom stereocenters. The highest BCUT2D eigenvalue weighted by atomic mass is 16.3. The molecule has 2 heteroatoms. The summed E-state index contributed by atoms with van der Waals surface area (Å²) in [4.78, 5) is 0. The molecule has 0 bridgehead atoms. The molecule has 2 N–H and O–H groups in total. The van der Waals surface area contributed by atoms with Crippen molar-refractivity contribution >= 4 is 0 Å². The molecule has 0 spiro atoms. The van der Waals surface area contributed by atoms with Crippen LogP contribution < -0.4 is 5.32 Å². The largest absolute Gasteiger partial charge is 0.394 e. The maximum absolute atomic E-state index is 9.64. The fourth-order valence-electron chi connectivity index (χ4n) is 3.60. The van der Waals surface area contributed by atoms with Crippen molar-refractivity contribution in [3.05, 3.63) is 35.9 Å². The molecule has 1 aromatic carbocycles. The zero-order chi connectivity index (χ0) is 13.1. The first-order valence-corrected chi connectivity index (χ1v) is 7.78. The first-order chi connectivity index (χ1) is 9.36. The van der Waals surface area contributed by atoms with Crippen LogP contribution in [-0.4, -0.2) is 17.8 Å². The summed E-state index contributed by atoms with van der Waals surface area (Å²) >= 11 is 0. The molecule has 0 saturated heterocycles. The van der Waals surface area contributed by atoms with Crippen LogP contribution in [-0.2, 0) is 0 Å². The Kier molecular flexibility index (Phi) is 4.19. The molecule has 1 aromatic rings. The summed E-state index contributed by atoms with van der Waals surface area (Å²) in [6.45, 7) is 0.189. The Morgan fingerprint density at radius 2 is 1.84 bits per heavy atom. The summed E-state index contributed by atoms with van der Waals surface area (Å²) in [5.41, 5.74) is 1.21. The molecule has 2 fully saturated rings. The number of aliphatic hydroxyl groups excluding tert-OH is 1. The minimum atomic E-state index is 0.101. The lowest BCUT2D eigenvalue weighted by molar-refractivity contribution is 0.197. The lowest BCUT2D eigenvalue weighted by Gasteiger charge is -2.32. The van der Waals surface area contributed by atoms with Crippen molar-refractivity contribution in [2.45, 2.75) is 50.6 Å². The minimum Gasteiger partial charge on any atom is -0.394 e. The van der Waals surface area contributed by atoms with Gasteiger partial charge in [-0.05, 0) is 43.1 Å². The Labute approximate surface area is 116 Å². The van der Waals surface area contributed by atoms with Crippen LogP contribution in [0.2, 0.25) is 0 Å². The Bertz CT molecular complexity index is 388. The Morgan fingerprint density at radius 1 is 1.05 bits per heavy atom. The van der Waals surface area contributed by atoms with Crippen molar-refractivity contribution in [3.8, 4) is 0 Å². The quantitative estimate of drug-likeness (QED) is 0.850. The van der Waals surface area contributed by atoms with E-state index in [1.807, 2.05) is 18.2 Å². The molecule has 104 valence electrons. The van der Waals surface area contributed by atoms with Gasteiger partial charge in [0.25, 0.3) is 0 Å². The third-order valence-electron chi connectivity index (χ3n) is 4.82. The van der Waals surface area contributed by atoms with Crippen LogP contribution in [0.15, 0.2) is 30.3 Å². The van der Waals surface area contributed by atoms with Crippen LogP contribution in [0.3, 0.4) is 0 Å². The predicted octanol–water partition coefficient (Wildman–Crippen LogP) is 3.28. The van der Waals surface area contributed by atoms with Crippen molar-refractivity contribution < 1.29 is 5.11 Å². The van der Waals surface area contributed by atoms with Gasteiger partial charge in [-0.3, -0.25) is 0 Å². The molecular formula is C17H25NO. The zero-order valence-electron chi connectivity index (χ0n) is 11.6. The standard InChI is InChI=1S/C17H25NO/c19-12-17(14-5-2-1-3-6-14)18-16-8-4-7-15(11-16)13-9-10-13/h1-3,5-6,13,15-19H,4,7-12H2/t15?,16?,17-/m1/s1. The third kappa shape index (κ3) is 3.37. The zero-order valence-corrected chi connectivity index (χ0v) is 11.6. The summed E-state index contributed by atoms with van der Waals surface area (Å²) < 4.78 is 0. The van der Waals surface area contributed by atoms with E-state index in [1.165, 1.54) is 44.1 Å². The van der Waals surface area contributed by atoms with Crippen molar-refractivity contribution in [3.63, 3.8) is 0 Å². The van der Waals surface area contributed by atoms with Gasteiger partial charge in [-0.15, -0.1) is 0 Å². The van der Waals surface area contributed by atoms with Gasteiger partial charge in [-0.2, -0.15) is 0 Å². The van der Waals surface area contributed by atoms with E-state index in [4.69, 9.17) is 0 Å². The van der Waals surface area contributed by atoms with Crippen LogP contribution in [0.4, 0.5) is 0 Å². The van der Waals surface area contributed by atoms with Gasteiger partial charge >= 0.3 is 0 Å². The molecule has 2 saturated carbocycles. The Balaban J connectivity index is 1.59. The van der Waals surface area contributed by atoms with Gasteiger partial charge in [0, 0.05) is 6.04 Å². The molecule has 2 nitrogen and oxygen atoms in total. The average molecular weight is 259 g/mol.